The first-order valence-corrected chi connectivity index (χ1v) is 10.8. The highest BCUT2D eigenvalue weighted by atomic mass is 15.2. The van der Waals surface area contributed by atoms with Crippen molar-refractivity contribution >= 4 is 17.1 Å². The molecule has 29 heavy (non-hydrogen) atoms. The molecule has 3 aromatic carbocycles. The molecule has 1 heterocycles. The van der Waals surface area contributed by atoms with Crippen molar-refractivity contribution in [2.75, 3.05) is 4.90 Å². The molecule has 1 heteroatoms. The van der Waals surface area contributed by atoms with Gasteiger partial charge in [-0.15, -0.1) is 0 Å². The Hall–Kier alpha value is -2.54. The third-order valence-electron chi connectivity index (χ3n) is 6.20. The van der Waals surface area contributed by atoms with E-state index in [4.69, 9.17) is 0 Å². The summed E-state index contributed by atoms with van der Waals surface area (Å²) in [4.78, 5) is 2.52. The van der Waals surface area contributed by atoms with Gasteiger partial charge in [0.25, 0.3) is 0 Å². The molecule has 0 N–H and O–H groups in total. The van der Waals surface area contributed by atoms with Gasteiger partial charge in [-0.3, -0.25) is 0 Å². The topological polar surface area (TPSA) is 3.24 Å². The van der Waals surface area contributed by atoms with Crippen LogP contribution in [0.25, 0.3) is 0 Å². The van der Waals surface area contributed by atoms with Crippen molar-refractivity contribution in [2.45, 2.75) is 66.7 Å². The quantitative estimate of drug-likeness (QED) is 0.414. The maximum Gasteiger partial charge on any atom is 0.0520 e. The van der Waals surface area contributed by atoms with E-state index in [0.29, 0.717) is 0 Å². The van der Waals surface area contributed by atoms with Gasteiger partial charge < -0.3 is 4.90 Å². The van der Waals surface area contributed by atoms with Crippen molar-refractivity contribution in [2.24, 2.45) is 0 Å². The minimum absolute atomic E-state index is 0.150. The highest BCUT2D eigenvalue weighted by molar-refractivity contribution is 5.84. The molecular weight excluding hydrogens is 350 g/mol. The monoisotopic (exact) mass is 383 g/mol. The molecule has 0 aliphatic carbocycles. The van der Waals surface area contributed by atoms with Crippen molar-refractivity contribution in [3.05, 3.63) is 87.5 Å². The van der Waals surface area contributed by atoms with Crippen LogP contribution in [0.5, 0.6) is 0 Å². The van der Waals surface area contributed by atoms with Gasteiger partial charge >= 0.3 is 0 Å². The van der Waals surface area contributed by atoms with Crippen LogP contribution < -0.4 is 4.90 Å². The Labute approximate surface area is 176 Å². The fourth-order valence-electron chi connectivity index (χ4n) is 4.65. The van der Waals surface area contributed by atoms with Crippen molar-refractivity contribution < 1.29 is 0 Å². The summed E-state index contributed by atoms with van der Waals surface area (Å²) < 4.78 is 0. The second-order valence-electron chi connectivity index (χ2n) is 9.81. The molecule has 0 unspecified atom stereocenters. The minimum atomic E-state index is 0.150. The largest absolute Gasteiger partial charge is 0.309 e. The Kier molecular flexibility index (Phi) is 4.81. The van der Waals surface area contributed by atoms with Gasteiger partial charge in [-0.05, 0) is 85.9 Å². The molecule has 0 amide bonds. The zero-order valence-electron chi connectivity index (χ0n) is 19.0. The van der Waals surface area contributed by atoms with E-state index < -0.39 is 0 Å². The fraction of sp³-hybridized carbons (Fsp3) is 0.357. The molecule has 0 radical (unpaired) electrons. The Morgan fingerprint density at radius 3 is 1.52 bits per heavy atom. The average molecular weight is 384 g/mol. The first-order valence-electron chi connectivity index (χ1n) is 10.8. The van der Waals surface area contributed by atoms with Gasteiger partial charge in [-0.2, -0.15) is 0 Å². The van der Waals surface area contributed by atoms with Crippen LogP contribution in [0.4, 0.5) is 17.1 Å². The Morgan fingerprint density at radius 1 is 0.655 bits per heavy atom. The molecule has 0 spiro atoms. The first kappa shape index (κ1) is 19.8. The number of hydrogen-bond acceptors (Lipinski definition) is 1. The molecule has 0 bridgehead atoms. The van der Waals surface area contributed by atoms with Crippen LogP contribution in [-0.4, -0.2) is 0 Å². The third kappa shape index (κ3) is 3.59. The summed E-state index contributed by atoms with van der Waals surface area (Å²) in [6, 6.07) is 18.6. The van der Waals surface area contributed by atoms with Gasteiger partial charge in [0.2, 0.25) is 0 Å². The lowest BCUT2D eigenvalue weighted by Crippen LogP contribution is -2.17. The summed E-state index contributed by atoms with van der Waals surface area (Å²) in [6.07, 6.45) is 2.17. The van der Waals surface area contributed by atoms with Crippen molar-refractivity contribution in [3.8, 4) is 0 Å². The highest BCUT2D eigenvalue weighted by Gasteiger charge is 2.26. The number of hydrogen-bond donors (Lipinski definition) is 0. The van der Waals surface area contributed by atoms with Crippen LogP contribution in [0.15, 0.2) is 48.5 Å². The molecule has 1 aliphatic rings. The second kappa shape index (κ2) is 7.06. The van der Waals surface area contributed by atoms with Gasteiger partial charge in [0.1, 0.15) is 0 Å². The van der Waals surface area contributed by atoms with E-state index >= 15 is 0 Å². The van der Waals surface area contributed by atoms with Crippen LogP contribution in [-0.2, 0) is 18.3 Å². The molecule has 0 saturated carbocycles. The zero-order chi connectivity index (χ0) is 20.9. The van der Waals surface area contributed by atoms with Crippen LogP contribution in [0.3, 0.4) is 0 Å². The van der Waals surface area contributed by atoms with Crippen molar-refractivity contribution in [1.29, 1.82) is 0 Å². The van der Waals surface area contributed by atoms with Crippen LogP contribution in [0, 0.1) is 27.7 Å². The molecule has 1 aliphatic heterocycles. The number of aryl methyl sites for hydroxylation is 6. The fourth-order valence-corrected chi connectivity index (χ4v) is 4.65. The summed E-state index contributed by atoms with van der Waals surface area (Å²) >= 11 is 0. The van der Waals surface area contributed by atoms with E-state index in [1.165, 1.54) is 56.0 Å². The Balaban J connectivity index is 2.01. The molecule has 0 aromatic heterocycles. The van der Waals surface area contributed by atoms with Gasteiger partial charge in [-0.25, -0.2) is 0 Å². The molecule has 1 nitrogen and oxygen atoms in total. The van der Waals surface area contributed by atoms with E-state index in [1.54, 1.807) is 0 Å². The Morgan fingerprint density at radius 2 is 1.10 bits per heavy atom. The summed E-state index contributed by atoms with van der Waals surface area (Å²) in [5, 5.41) is 0. The van der Waals surface area contributed by atoms with Gasteiger partial charge in [0, 0.05) is 11.4 Å². The zero-order valence-corrected chi connectivity index (χ0v) is 19.0. The smallest absolute Gasteiger partial charge is 0.0520 e. The number of fused-ring (bicyclic) bond motifs is 2. The molecule has 0 fully saturated rings. The maximum atomic E-state index is 2.52. The summed E-state index contributed by atoms with van der Waals surface area (Å²) in [5.74, 6) is 0. The van der Waals surface area contributed by atoms with Crippen LogP contribution in [0.1, 0.15) is 59.7 Å². The third-order valence-corrected chi connectivity index (χ3v) is 6.20. The molecule has 150 valence electrons. The van der Waals surface area contributed by atoms with Gasteiger partial charge in [0.05, 0.1) is 5.69 Å². The lowest BCUT2D eigenvalue weighted by atomic mass is 9.84. The second-order valence-corrected chi connectivity index (χ2v) is 9.81. The molecule has 3 aromatic rings. The van der Waals surface area contributed by atoms with Crippen molar-refractivity contribution in [1.82, 2.24) is 0 Å². The lowest BCUT2D eigenvalue weighted by Gasteiger charge is -2.32. The maximum absolute atomic E-state index is 2.52. The van der Waals surface area contributed by atoms with Crippen LogP contribution >= 0.6 is 0 Å². The minimum Gasteiger partial charge on any atom is -0.309 e. The molecule has 4 rings (SSSR count). The van der Waals surface area contributed by atoms with E-state index in [0.717, 1.165) is 12.8 Å². The number of benzene rings is 3. The SMILES string of the molecule is Cc1ccc2c(c1)CCc1cc(C)ccc1N2c1c(C)cc(C(C)(C)C)cc1C. The van der Waals surface area contributed by atoms with E-state index in [2.05, 4.69) is 102 Å². The van der Waals surface area contributed by atoms with Crippen LogP contribution in [0.2, 0.25) is 0 Å². The first-order chi connectivity index (χ1) is 13.6. The van der Waals surface area contributed by atoms with Gasteiger partial charge in [0.15, 0.2) is 0 Å². The highest BCUT2D eigenvalue weighted by Crippen LogP contribution is 2.45. The predicted octanol–water partition coefficient (Wildman–Crippen LogP) is 7.79. The molecule has 0 atom stereocenters. The summed E-state index contributed by atoms with van der Waals surface area (Å²) in [7, 11) is 0. The molecular formula is C28H33N. The predicted molar refractivity (Wildman–Crippen MR) is 126 cm³/mol. The summed E-state index contributed by atoms with van der Waals surface area (Å²) in [6.45, 7) is 15.8. The van der Waals surface area contributed by atoms with Gasteiger partial charge in [-0.1, -0.05) is 68.3 Å². The lowest BCUT2D eigenvalue weighted by molar-refractivity contribution is 0.589. The normalized spacial score (nSPS) is 13.7. The van der Waals surface area contributed by atoms with E-state index in [1.807, 2.05) is 0 Å². The molecule has 0 saturated heterocycles. The van der Waals surface area contributed by atoms with E-state index in [9.17, 15) is 0 Å². The number of rotatable bonds is 1. The van der Waals surface area contributed by atoms with E-state index in [-0.39, 0.29) is 5.41 Å². The summed E-state index contributed by atoms with van der Waals surface area (Å²) in [5.41, 5.74) is 13.8. The number of anilines is 3. The Bertz CT molecular complexity index is 1010. The number of nitrogens with zero attached hydrogens (tertiary/aromatic N) is 1. The average Bonchev–Trinajstić information content (AvgIpc) is 2.77. The standard InChI is InChI=1S/C28H33N/c1-18-8-12-25-22(14-18)10-11-23-15-19(2)9-13-26(23)29(25)27-20(3)16-24(17-21(27)4)28(5,6)7/h8-9,12-17H,10-11H2,1-7H3. The van der Waals surface area contributed by atoms with Crippen molar-refractivity contribution in [3.63, 3.8) is 0 Å².